The van der Waals surface area contributed by atoms with Crippen LogP contribution in [0.1, 0.15) is 17.5 Å². The Morgan fingerprint density at radius 3 is 2.90 bits per heavy atom. The Morgan fingerprint density at radius 2 is 2.14 bits per heavy atom. The minimum atomic E-state index is -0.213. The molecule has 0 bridgehead atoms. The van der Waals surface area contributed by atoms with Gasteiger partial charge in [-0.05, 0) is 48.7 Å². The summed E-state index contributed by atoms with van der Waals surface area (Å²) in [7, 11) is 0. The highest BCUT2D eigenvalue weighted by molar-refractivity contribution is 5.67. The van der Waals surface area contributed by atoms with Gasteiger partial charge in [0.1, 0.15) is 5.82 Å². The molecule has 1 N–H and O–H groups in total. The molecule has 0 saturated carbocycles. The van der Waals surface area contributed by atoms with Gasteiger partial charge in [-0.2, -0.15) is 0 Å². The summed E-state index contributed by atoms with van der Waals surface area (Å²) < 4.78 is 19.5. The van der Waals surface area contributed by atoms with Crippen molar-refractivity contribution in [3.63, 3.8) is 0 Å². The molecule has 2 aromatic carbocycles. The highest BCUT2D eigenvalue weighted by Gasteiger charge is 2.16. The monoisotopic (exact) mass is 285 g/mol. The Bertz CT molecular complexity index is 620. The molecule has 2 nitrogen and oxygen atoms in total. The molecule has 1 fully saturated rings. The molecule has 0 radical (unpaired) electrons. The topological polar surface area (TPSA) is 21.3 Å². The summed E-state index contributed by atoms with van der Waals surface area (Å²) in [5.74, 6) is -0.213. The first kappa shape index (κ1) is 14.2. The average Bonchev–Trinajstić information content (AvgIpc) is 2.98. The zero-order valence-electron chi connectivity index (χ0n) is 12.2. The van der Waals surface area contributed by atoms with E-state index in [1.54, 1.807) is 6.07 Å². The first-order valence-electron chi connectivity index (χ1n) is 7.40. The highest BCUT2D eigenvalue weighted by atomic mass is 19.1. The van der Waals surface area contributed by atoms with Gasteiger partial charge in [-0.15, -0.1) is 0 Å². The molecule has 3 rings (SSSR count). The molecule has 1 aliphatic rings. The van der Waals surface area contributed by atoms with Crippen molar-refractivity contribution >= 4 is 0 Å². The van der Waals surface area contributed by atoms with Crippen LogP contribution in [0.4, 0.5) is 4.39 Å². The number of hydrogen-bond donors (Lipinski definition) is 1. The Labute approximate surface area is 125 Å². The van der Waals surface area contributed by atoms with E-state index in [0.29, 0.717) is 6.61 Å². The second-order valence-corrected chi connectivity index (χ2v) is 5.60. The highest BCUT2D eigenvalue weighted by Crippen LogP contribution is 2.26. The Hall–Kier alpha value is -1.71. The van der Waals surface area contributed by atoms with Crippen molar-refractivity contribution in [3.05, 3.63) is 59.4 Å². The molecule has 2 aromatic rings. The minimum Gasteiger partial charge on any atom is -0.372 e. The van der Waals surface area contributed by atoms with Crippen molar-refractivity contribution in [2.45, 2.75) is 26.1 Å². The van der Waals surface area contributed by atoms with Crippen LogP contribution in [-0.4, -0.2) is 19.2 Å². The molecule has 110 valence electrons. The molecule has 0 aromatic heterocycles. The lowest BCUT2D eigenvalue weighted by Gasteiger charge is -2.14. The second-order valence-electron chi connectivity index (χ2n) is 5.60. The van der Waals surface area contributed by atoms with Crippen LogP contribution in [0.3, 0.4) is 0 Å². The molecule has 1 heterocycles. The third-order valence-electron chi connectivity index (χ3n) is 3.89. The largest absolute Gasteiger partial charge is 0.372 e. The maximum Gasteiger partial charge on any atom is 0.123 e. The molecule has 21 heavy (non-hydrogen) atoms. The third-order valence-corrected chi connectivity index (χ3v) is 3.89. The van der Waals surface area contributed by atoms with Crippen LogP contribution in [0.25, 0.3) is 11.1 Å². The maximum atomic E-state index is 13.6. The molecule has 1 aliphatic heterocycles. The van der Waals surface area contributed by atoms with Gasteiger partial charge >= 0.3 is 0 Å². The van der Waals surface area contributed by atoms with Crippen LogP contribution in [0.15, 0.2) is 42.5 Å². The third kappa shape index (κ3) is 3.49. The van der Waals surface area contributed by atoms with E-state index in [0.717, 1.165) is 36.2 Å². The summed E-state index contributed by atoms with van der Waals surface area (Å²) in [4.78, 5) is 0. The van der Waals surface area contributed by atoms with E-state index in [-0.39, 0.29) is 11.9 Å². The van der Waals surface area contributed by atoms with Gasteiger partial charge in [-0.25, -0.2) is 4.39 Å². The Morgan fingerprint density at radius 1 is 1.24 bits per heavy atom. The van der Waals surface area contributed by atoms with E-state index >= 15 is 0 Å². The van der Waals surface area contributed by atoms with Crippen LogP contribution in [0.5, 0.6) is 0 Å². The fourth-order valence-electron chi connectivity index (χ4n) is 2.75. The lowest BCUT2D eigenvalue weighted by molar-refractivity contribution is 0.0543. The zero-order chi connectivity index (χ0) is 14.7. The van der Waals surface area contributed by atoms with Crippen molar-refractivity contribution in [1.82, 2.24) is 5.32 Å². The van der Waals surface area contributed by atoms with E-state index in [1.807, 2.05) is 12.1 Å². The zero-order valence-corrected chi connectivity index (χ0v) is 12.2. The molecular weight excluding hydrogens is 265 g/mol. The Balaban J connectivity index is 1.85. The van der Waals surface area contributed by atoms with Gasteiger partial charge < -0.3 is 10.1 Å². The quantitative estimate of drug-likeness (QED) is 0.925. The molecular formula is C18H20FNO. The lowest BCUT2D eigenvalue weighted by Crippen LogP contribution is -2.16. The summed E-state index contributed by atoms with van der Waals surface area (Å²) in [5, 5.41) is 3.27. The normalized spacial score (nSPS) is 18.1. The predicted octanol–water partition coefficient (Wildman–Crippen LogP) is 3.68. The van der Waals surface area contributed by atoms with E-state index in [1.165, 1.54) is 11.6 Å². The van der Waals surface area contributed by atoms with Gasteiger partial charge in [-0.3, -0.25) is 0 Å². The van der Waals surface area contributed by atoms with Crippen LogP contribution < -0.4 is 5.32 Å². The summed E-state index contributed by atoms with van der Waals surface area (Å²) in [6.07, 6.45) is 1.26. The number of benzene rings is 2. The molecule has 0 aliphatic carbocycles. The van der Waals surface area contributed by atoms with Gasteiger partial charge in [0.05, 0.1) is 12.7 Å². The van der Waals surface area contributed by atoms with Crippen molar-refractivity contribution < 1.29 is 9.13 Å². The van der Waals surface area contributed by atoms with Crippen molar-refractivity contribution in [1.29, 1.82) is 0 Å². The van der Waals surface area contributed by atoms with E-state index in [9.17, 15) is 4.39 Å². The van der Waals surface area contributed by atoms with E-state index in [2.05, 4.69) is 30.4 Å². The summed E-state index contributed by atoms with van der Waals surface area (Å²) in [6, 6.07) is 13.2. The number of ether oxygens (including phenoxy) is 1. The van der Waals surface area contributed by atoms with Crippen molar-refractivity contribution in [3.8, 4) is 11.1 Å². The van der Waals surface area contributed by atoms with Crippen molar-refractivity contribution in [2.75, 3.05) is 13.1 Å². The van der Waals surface area contributed by atoms with Gasteiger partial charge in [-0.1, -0.05) is 35.9 Å². The number of rotatable bonds is 4. The van der Waals surface area contributed by atoms with E-state index < -0.39 is 0 Å². The van der Waals surface area contributed by atoms with Gasteiger partial charge in [0, 0.05) is 6.54 Å². The number of nitrogens with one attached hydrogen (secondary N) is 1. The standard InChI is InChI=1S/C18H20FNO/c1-13-3-2-4-14(9-13)18-6-5-16(19)10-15(18)12-21-17-7-8-20-11-17/h2-6,9-10,17,20H,7-8,11-12H2,1H3/t17-/m0/s1. The molecule has 1 saturated heterocycles. The van der Waals surface area contributed by atoms with E-state index in [4.69, 9.17) is 4.74 Å². The number of hydrogen-bond acceptors (Lipinski definition) is 2. The van der Waals surface area contributed by atoms with Crippen LogP contribution in [0, 0.1) is 12.7 Å². The molecule has 0 unspecified atom stereocenters. The van der Waals surface area contributed by atoms with Crippen molar-refractivity contribution in [2.24, 2.45) is 0 Å². The van der Waals surface area contributed by atoms with Gasteiger partial charge in [0.2, 0.25) is 0 Å². The Kier molecular flexibility index (Phi) is 4.32. The maximum absolute atomic E-state index is 13.6. The second kappa shape index (κ2) is 6.37. The molecule has 0 amide bonds. The predicted molar refractivity (Wildman–Crippen MR) is 82.6 cm³/mol. The lowest BCUT2D eigenvalue weighted by atomic mass is 9.98. The SMILES string of the molecule is Cc1cccc(-c2ccc(F)cc2CO[C@H]2CCNC2)c1. The fraction of sp³-hybridized carbons (Fsp3) is 0.333. The number of aryl methyl sites for hydroxylation is 1. The van der Waals surface area contributed by atoms with Crippen LogP contribution in [-0.2, 0) is 11.3 Å². The molecule has 3 heteroatoms. The summed E-state index contributed by atoms with van der Waals surface area (Å²) in [5.41, 5.74) is 4.26. The molecule has 0 spiro atoms. The van der Waals surface area contributed by atoms with Gasteiger partial charge in [0.25, 0.3) is 0 Å². The van der Waals surface area contributed by atoms with Crippen LogP contribution in [0.2, 0.25) is 0 Å². The number of halogens is 1. The summed E-state index contributed by atoms with van der Waals surface area (Å²) >= 11 is 0. The molecule has 1 atom stereocenters. The fourth-order valence-corrected chi connectivity index (χ4v) is 2.75. The first-order valence-corrected chi connectivity index (χ1v) is 7.40. The van der Waals surface area contributed by atoms with Gasteiger partial charge in [0.15, 0.2) is 0 Å². The smallest absolute Gasteiger partial charge is 0.123 e. The summed E-state index contributed by atoms with van der Waals surface area (Å²) in [6.45, 7) is 4.40. The average molecular weight is 285 g/mol. The van der Waals surface area contributed by atoms with Crippen LogP contribution >= 0.6 is 0 Å². The first-order chi connectivity index (χ1) is 10.2. The minimum absolute atomic E-state index is 0.213.